The van der Waals surface area contributed by atoms with E-state index in [1.54, 1.807) is 19.1 Å². The van der Waals surface area contributed by atoms with Crippen LogP contribution < -0.4 is 14.9 Å². The Balaban J connectivity index is 1.40. The quantitative estimate of drug-likeness (QED) is 0.426. The number of aromatic nitrogens is 1. The fourth-order valence-electron chi connectivity index (χ4n) is 4.22. The average molecular weight is 571 g/mol. The van der Waals surface area contributed by atoms with Gasteiger partial charge in [-0.1, -0.05) is 17.7 Å². The van der Waals surface area contributed by atoms with Gasteiger partial charge in [-0.15, -0.1) is 0 Å². The Bertz CT molecular complexity index is 1570. The van der Waals surface area contributed by atoms with Crippen LogP contribution in [0.2, 0.25) is 5.02 Å². The van der Waals surface area contributed by atoms with Gasteiger partial charge in [-0.2, -0.15) is 0 Å². The first kappa shape index (κ1) is 26.5. The van der Waals surface area contributed by atoms with Crippen molar-refractivity contribution in [3.05, 3.63) is 64.2 Å². The van der Waals surface area contributed by atoms with Crippen molar-refractivity contribution in [2.24, 2.45) is 4.99 Å². The van der Waals surface area contributed by atoms with Crippen LogP contribution in [0, 0.1) is 0 Å². The molecule has 3 heterocycles. The van der Waals surface area contributed by atoms with Crippen LogP contribution in [0.25, 0.3) is 17.0 Å². The van der Waals surface area contributed by atoms with E-state index < -0.39 is 10.0 Å². The molecule has 0 aliphatic carbocycles. The van der Waals surface area contributed by atoms with E-state index in [4.69, 9.17) is 11.6 Å². The largest absolute Gasteiger partial charge is 0.368 e. The van der Waals surface area contributed by atoms with E-state index in [0.29, 0.717) is 26.5 Å². The summed E-state index contributed by atoms with van der Waals surface area (Å²) >= 11 is 7.49. The summed E-state index contributed by atoms with van der Waals surface area (Å²) in [4.78, 5) is 26.9. The molecular formula is C26H27ClN6O3S2. The Hall–Kier alpha value is -3.12. The average Bonchev–Trinajstić information content (AvgIpc) is 3.24. The second-order valence-corrected chi connectivity index (χ2v) is 12.5. The molecule has 0 unspecified atom stereocenters. The smallest absolute Gasteiger partial charge is 0.264 e. The maximum Gasteiger partial charge on any atom is 0.264 e. The van der Waals surface area contributed by atoms with Gasteiger partial charge in [0, 0.05) is 43.4 Å². The molecule has 9 nitrogen and oxygen atoms in total. The molecule has 2 aliphatic heterocycles. The van der Waals surface area contributed by atoms with Crippen LogP contribution in [-0.2, 0) is 14.8 Å². The molecule has 2 aliphatic rings. The molecule has 1 aromatic heterocycles. The van der Waals surface area contributed by atoms with Gasteiger partial charge >= 0.3 is 0 Å². The van der Waals surface area contributed by atoms with Crippen molar-refractivity contribution in [2.75, 3.05) is 48.6 Å². The highest BCUT2D eigenvalue weighted by atomic mass is 35.5. The van der Waals surface area contributed by atoms with E-state index in [9.17, 15) is 13.2 Å². The first-order valence-corrected chi connectivity index (χ1v) is 15.0. The van der Waals surface area contributed by atoms with Crippen LogP contribution >= 0.6 is 23.4 Å². The number of hydrogen-bond acceptors (Lipinski definition) is 8. The zero-order valence-electron chi connectivity index (χ0n) is 20.9. The van der Waals surface area contributed by atoms with Gasteiger partial charge in [-0.3, -0.25) is 14.5 Å². The SMILES string of the molecule is CCS(=O)(=O)Nc1ccc(Cl)c(N=C2NC(=O)C(=Cc3ccc4nccc(N5CCN(C)CC5)c4c3)S2)c1. The minimum atomic E-state index is -3.45. The summed E-state index contributed by atoms with van der Waals surface area (Å²) in [5.74, 6) is -0.320. The number of nitrogens with zero attached hydrogens (tertiary/aromatic N) is 4. The number of sulfonamides is 1. The highest BCUT2D eigenvalue weighted by Crippen LogP contribution is 2.34. The number of anilines is 2. The molecule has 0 radical (unpaired) electrons. The maximum absolute atomic E-state index is 12.7. The monoisotopic (exact) mass is 570 g/mol. The summed E-state index contributed by atoms with van der Waals surface area (Å²) < 4.78 is 26.3. The molecule has 38 heavy (non-hydrogen) atoms. The Morgan fingerprint density at radius 2 is 1.95 bits per heavy atom. The van der Waals surface area contributed by atoms with Gasteiger partial charge in [0.05, 0.1) is 32.6 Å². The zero-order valence-corrected chi connectivity index (χ0v) is 23.3. The van der Waals surface area contributed by atoms with Crippen LogP contribution in [0.1, 0.15) is 12.5 Å². The van der Waals surface area contributed by atoms with Crippen LogP contribution in [0.5, 0.6) is 0 Å². The topological polar surface area (TPSA) is 107 Å². The molecule has 198 valence electrons. The number of benzene rings is 2. The summed E-state index contributed by atoms with van der Waals surface area (Å²) in [5.41, 5.74) is 3.63. The number of pyridine rings is 1. The molecule has 2 saturated heterocycles. The van der Waals surface area contributed by atoms with Crippen LogP contribution in [-0.4, -0.2) is 68.4 Å². The molecule has 0 spiro atoms. The number of carbonyl (C=O) groups excluding carboxylic acids is 1. The number of carbonyl (C=O) groups is 1. The number of amidine groups is 1. The molecule has 2 fully saturated rings. The van der Waals surface area contributed by atoms with Crippen molar-refractivity contribution in [3.8, 4) is 0 Å². The van der Waals surface area contributed by atoms with E-state index in [1.807, 2.05) is 30.5 Å². The molecule has 0 bridgehead atoms. The third-order valence-corrected chi connectivity index (χ3v) is 8.89. The summed E-state index contributed by atoms with van der Waals surface area (Å²) in [7, 11) is -1.31. The van der Waals surface area contributed by atoms with Gasteiger partial charge in [0.15, 0.2) is 5.17 Å². The molecule has 12 heteroatoms. The first-order chi connectivity index (χ1) is 18.2. The Morgan fingerprint density at radius 3 is 2.71 bits per heavy atom. The van der Waals surface area contributed by atoms with Crippen molar-refractivity contribution < 1.29 is 13.2 Å². The summed E-state index contributed by atoms with van der Waals surface area (Å²) in [6.45, 7) is 5.45. The number of fused-ring (bicyclic) bond motifs is 1. The number of halogens is 1. The van der Waals surface area contributed by atoms with Gasteiger partial charge < -0.3 is 15.1 Å². The Morgan fingerprint density at radius 1 is 1.16 bits per heavy atom. The Kier molecular flexibility index (Phi) is 7.62. The molecule has 5 rings (SSSR count). The van der Waals surface area contributed by atoms with Gasteiger partial charge in [-0.05, 0) is 73.8 Å². The fourth-order valence-corrected chi connectivity index (χ4v) is 5.84. The van der Waals surface area contributed by atoms with Crippen molar-refractivity contribution >= 4 is 78.5 Å². The minimum absolute atomic E-state index is 0.0543. The second-order valence-electron chi connectivity index (χ2n) is 9.05. The standard InChI is InChI=1S/C26H27ClN6O3S2/c1-3-38(35,36)31-18-5-6-20(27)22(16-18)29-26-30-25(34)24(37-26)15-17-4-7-21-19(14-17)23(8-9-28-21)33-12-10-32(2)11-13-33/h4-9,14-16,31H,3,10-13H2,1-2H3,(H,29,30,34). The lowest BCUT2D eigenvalue weighted by Crippen LogP contribution is -2.44. The van der Waals surface area contributed by atoms with E-state index in [1.165, 1.54) is 17.8 Å². The van der Waals surface area contributed by atoms with Crippen molar-refractivity contribution in [1.82, 2.24) is 15.2 Å². The number of likely N-dealkylation sites (N-methyl/N-ethyl adjacent to an activating group) is 1. The number of nitrogens with one attached hydrogen (secondary N) is 2. The number of hydrogen-bond donors (Lipinski definition) is 2. The van der Waals surface area contributed by atoms with E-state index >= 15 is 0 Å². The molecule has 2 aromatic carbocycles. The lowest BCUT2D eigenvalue weighted by atomic mass is 10.1. The maximum atomic E-state index is 12.7. The van der Waals surface area contributed by atoms with Crippen molar-refractivity contribution in [1.29, 1.82) is 0 Å². The van der Waals surface area contributed by atoms with Gasteiger partial charge in [0.25, 0.3) is 5.91 Å². The van der Waals surface area contributed by atoms with E-state index in [0.717, 1.165) is 48.3 Å². The Labute approximate surface area is 231 Å². The highest BCUT2D eigenvalue weighted by molar-refractivity contribution is 8.18. The number of rotatable bonds is 6. The number of piperazine rings is 1. The number of aliphatic imine (C=N–C) groups is 1. The summed E-state index contributed by atoms with van der Waals surface area (Å²) in [6.07, 6.45) is 3.67. The second kappa shape index (κ2) is 10.9. The third kappa shape index (κ3) is 5.96. The van der Waals surface area contributed by atoms with Crippen molar-refractivity contribution in [3.63, 3.8) is 0 Å². The van der Waals surface area contributed by atoms with E-state index in [-0.39, 0.29) is 11.7 Å². The van der Waals surface area contributed by atoms with Gasteiger partial charge in [0.1, 0.15) is 0 Å². The normalized spacial score (nSPS) is 18.9. The summed E-state index contributed by atoms with van der Waals surface area (Å²) in [6, 6.07) is 12.7. The molecular weight excluding hydrogens is 544 g/mol. The molecule has 1 amide bonds. The van der Waals surface area contributed by atoms with E-state index in [2.05, 4.69) is 42.9 Å². The van der Waals surface area contributed by atoms with Crippen molar-refractivity contribution in [2.45, 2.75) is 6.92 Å². The first-order valence-electron chi connectivity index (χ1n) is 12.1. The number of amides is 1. The highest BCUT2D eigenvalue weighted by Gasteiger charge is 2.24. The van der Waals surface area contributed by atoms with Crippen LogP contribution in [0.3, 0.4) is 0 Å². The lowest BCUT2D eigenvalue weighted by molar-refractivity contribution is -0.115. The van der Waals surface area contributed by atoms with Gasteiger partial charge in [0.2, 0.25) is 10.0 Å². The lowest BCUT2D eigenvalue weighted by Gasteiger charge is -2.34. The fraction of sp³-hybridized carbons (Fsp3) is 0.269. The molecule has 2 N–H and O–H groups in total. The number of thioether (sulfide) groups is 1. The third-order valence-electron chi connectivity index (χ3n) is 6.36. The van der Waals surface area contributed by atoms with Gasteiger partial charge in [-0.25, -0.2) is 13.4 Å². The van der Waals surface area contributed by atoms with Crippen LogP contribution in [0.4, 0.5) is 17.1 Å². The van der Waals surface area contributed by atoms with Crippen LogP contribution in [0.15, 0.2) is 58.6 Å². The zero-order chi connectivity index (χ0) is 26.9. The minimum Gasteiger partial charge on any atom is -0.368 e. The molecule has 0 saturated carbocycles. The molecule has 3 aromatic rings. The molecule has 0 atom stereocenters. The predicted molar refractivity (Wildman–Crippen MR) is 157 cm³/mol. The predicted octanol–water partition coefficient (Wildman–Crippen LogP) is 4.29. The summed E-state index contributed by atoms with van der Waals surface area (Å²) in [5, 5.41) is 4.51.